The average Bonchev–Trinajstić information content (AvgIpc) is 2.55. The van der Waals surface area contributed by atoms with Crippen molar-refractivity contribution in [1.29, 1.82) is 0 Å². The van der Waals surface area contributed by atoms with Crippen LogP contribution in [0.1, 0.15) is 36.5 Å². The fraction of sp³-hybridized carbons (Fsp3) is 0.438. The normalized spacial score (nSPS) is 9.96. The SMILES string of the molecule is CCCCC(=O)NCCNC(=O)COc1cccc(C(=O)O)c1. The number of hydrogen-bond acceptors (Lipinski definition) is 4. The Balaban J connectivity index is 2.21. The van der Waals surface area contributed by atoms with E-state index in [0.29, 0.717) is 25.3 Å². The van der Waals surface area contributed by atoms with Crippen molar-refractivity contribution in [3.63, 3.8) is 0 Å². The molecule has 0 heterocycles. The number of carboxylic acids is 1. The zero-order chi connectivity index (χ0) is 17.1. The maximum absolute atomic E-state index is 11.6. The molecule has 1 rings (SSSR count). The first-order valence-corrected chi connectivity index (χ1v) is 7.52. The van der Waals surface area contributed by atoms with Gasteiger partial charge in [0.15, 0.2) is 6.61 Å². The molecule has 126 valence electrons. The van der Waals surface area contributed by atoms with Gasteiger partial charge in [-0.25, -0.2) is 4.79 Å². The van der Waals surface area contributed by atoms with E-state index in [4.69, 9.17) is 9.84 Å². The summed E-state index contributed by atoms with van der Waals surface area (Å²) in [7, 11) is 0. The molecular weight excluding hydrogens is 300 g/mol. The number of rotatable bonds is 10. The van der Waals surface area contributed by atoms with Crippen molar-refractivity contribution in [3.05, 3.63) is 29.8 Å². The van der Waals surface area contributed by atoms with Crippen molar-refractivity contribution in [2.24, 2.45) is 0 Å². The van der Waals surface area contributed by atoms with E-state index in [2.05, 4.69) is 10.6 Å². The van der Waals surface area contributed by atoms with E-state index in [1.54, 1.807) is 12.1 Å². The zero-order valence-electron chi connectivity index (χ0n) is 13.1. The smallest absolute Gasteiger partial charge is 0.335 e. The fourth-order valence-corrected chi connectivity index (χ4v) is 1.75. The van der Waals surface area contributed by atoms with E-state index in [-0.39, 0.29) is 24.0 Å². The molecule has 7 nitrogen and oxygen atoms in total. The molecule has 0 fully saturated rings. The number of nitrogens with one attached hydrogen (secondary N) is 2. The van der Waals surface area contributed by atoms with Gasteiger partial charge < -0.3 is 20.5 Å². The van der Waals surface area contributed by atoms with E-state index >= 15 is 0 Å². The highest BCUT2D eigenvalue weighted by Gasteiger charge is 2.06. The lowest BCUT2D eigenvalue weighted by molar-refractivity contribution is -0.124. The van der Waals surface area contributed by atoms with Crippen LogP contribution in [0.25, 0.3) is 0 Å². The molecule has 0 radical (unpaired) electrons. The summed E-state index contributed by atoms with van der Waals surface area (Å²) in [6, 6.07) is 5.91. The quantitative estimate of drug-likeness (QED) is 0.561. The Bertz CT molecular complexity index is 545. The van der Waals surface area contributed by atoms with Crippen LogP contribution in [-0.4, -0.2) is 42.6 Å². The Labute approximate surface area is 135 Å². The molecule has 3 N–H and O–H groups in total. The molecule has 0 atom stereocenters. The van der Waals surface area contributed by atoms with Crippen LogP contribution in [0.2, 0.25) is 0 Å². The lowest BCUT2D eigenvalue weighted by atomic mass is 10.2. The summed E-state index contributed by atoms with van der Waals surface area (Å²) in [5, 5.41) is 14.2. The Hall–Kier alpha value is -2.57. The molecule has 0 aliphatic heterocycles. The molecule has 0 unspecified atom stereocenters. The van der Waals surface area contributed by atoms with E-state index in [1.807, 2.05) is 6.92 Å². The monoisotopic (exact) mass is 322 g/mol. The largest absolute Gasteiger partial charge is 0.484 e. The molecule has 0 aliphatic carbocycles. The standard InChI is InChI=1S/C16H22N2O5/c1-2-3-7-14(19)17-8-9-18-15(20)11-23-13-6-4-5-12(10-13)16(21)22/h4-6,10H,2-3,7-9,11H2,1H3,(H,17,19)(H,18,20)(H,21,22). The summed E-state index contributed by atoms with van der Waals surface area (Å²) in [5.74, 6) is -1.11. The van der Waals surface area contributed by atoms with Gasteiger partial charge in [-0.2, -0.15) is 0 Å². The second-order valence-electron chi connectivity index (χ2n) is 4.93. The molecule has 2 amide bonds. The van der Waals surface area contributed by atoms with Gasteiger partial charge >= 0.3 is 5.97 Å². The summed E-state index contributed by atoms with van der Waals surface area (Å²) >= 11 is 0. The number of hydrogen-bond donors (Lipinski definition) is 3. The van der Waals surface area contributed by atoms with Crippen molar-refractivity contribution in [2.45, 2.75) is 26.2 Å². The molecule has 0 spiro atoms. The molecule has 0 aromatic heterocycles. The lowest BCUT2D eigenvalue weighted by Crippen LogP contribution is -2.36. The molecule has 1 aromatic rings. The van der Waals surface area contributed by atoms with Crippen molar-refractivity contribution in [3.8, 4) is 5.75 Å². The third-order valence-corrected chi connectivity index (χ3v) is 2.98. The van der Waals surface area contributed by atoms with Crippen molar-refractivity contribution in [1.82, 2.24) is 10.6 Å². The minimum atomic E-state index is -1.06. The summed E-state index contributed by atoms with van der Waals surface area (Å²) < 4.78 is 5.23. The highest BCUT2D eigenvalue weighted by molar-refractivity contribution is 5.88. The molecule has 7 heteroatoms. The molecule has 23 heavy (non-hydrogen) atoms. The van der Waals surface area contributed by atoms with Crippen molar-refractivity contribution in [2.75, 3.05) is 19.7 Å². The molecule has 0 saturated heterocycles. The summed E-state index contributed by atoms with van der Waals surface area (Å²) in [4.78, 5) is 33.8. The summed E-state index contributed by atoms with van der Waals surface area (Å²) in [6.07, 6.45) is 2.31. The van der Waals surface area contributed by atoms with Crippen LogP contribution in [0.4, 0.5) is 0 Å². The van der Waals surface area contributed by atoms with Gasteiger partial charge in [0, 0.05) is 19.5 Å². The van der Waals surface area contributed by atoms with Crippen LogP contribution in [0.5, 0.6) is 5.75 Å². The molecular formula is C16H22N2O5. The van der Waals surface area contributed by atoms with Gasteiger partial charge in [-0.3, -0.25) is 9.59 Å². The topological polar surface area (TPSA) is 105 Å². The number of carboxylic acid groups (broad SMARTS) is 1. The number of carbonyl (C=O) groups is 3. The first-order valence-electron chi connectivity index (χ1n) is 7.52. The van der Waals surface area contributed by atoms with Crippen molar-refractivity contribution >= 4 is 17.8 Å². The van der Waals surface area contributed by atoms with Crippen LogP contribution in [0.3, 0.4) is 0 Å². The predicted molar refractivity (Wildman–Crippen MR) is 84.4 cm³/mol. The number of carbonyl (C=O) groups excluding carboxylic acids is 2. The zero-order valence-corrected chi connectivity index (χ0v) is 13.1. The number of unbranched alkanes of at least 4 members (excludes halogenated alkanes) is 1. The Morgan fingerprint density at radius 3 is 2.48 bits per heavy atom. The third-order valence-electron chi connectivity index (χ3n) is 2.98. The Morgan fingerprint density at radius 1 is 1.13 bits per heavy atom. The highest BCUT2D eigenvalue weighted by atomic mass is 16.5. The van der Waals surface area contributed by atoms with Crippen LogP contribution in [0.15, 0.2) is 24.3 Å². The van der Waals surface area contributed by atoms with Gasteiger partial charge in [0.05, 0.1) is 5.56 Å². The van der Waals surface area contributed by atoms with Crippen molar-refractivity contribution < 1.29 is 24.2 Å². The van der Waals surface area contributed by atoms with E-state index < -0.39 is 5.97 Å². The second kappa shape index (κ2) is 10.2. The average molecular weight is 322 g/mol. The van der Waals surface area contributed by atoms with E-state index in [9.17, 15) is 14.4 Å². The fourth-order valence-electron chi connectivity index (χ4n) is 1.75. The maximum atomic E-state index is 11.6. The van der Waals surface area contributed by atoms with Crippen LogP contribution < -0.4 is 15.4 Å². The molecule has 0 saturated carbocycles. The molecule has 0 bridgehead atoms. The minimum Gasteiger partial charge on any atom is -0.484 e. The van der Waals surface area contributed by atoms with E-state index in [1.165, 1.54) is 12.1 Å². The lowest BCUT2D eigenvalue weighted by Gasteiger charge is -2.09. The molecule has 0 aliphatic rings. The summed E-state index contributed by atoms with van der Waals surface area (Å²) in [5.41, 5.74) is 0.0951. The Morgan fingerprint density at radius 2 is 1.83 bits per heavy atom. The third kappa shape index (κ3) is 7.85. The molecule has 1 aromatic carbocycles. The second-order valence-corrected chi connectivity index (χ2v) is 4.93. The van der Waals surface area contributed by atoms with Crippen LogP contribution >= 0.6 is 0 Å². The number of amides is 2. The first kappa shape index (κ1) is 18.5. The van der Waals surface area contributed by atoms with Crippen LogP contribution in [-0.2, 0) is 9.59 Å². The number of ether oxygens (including phenoxy) is 1. The first-order chi connectivity index (χ1) is 11.0. The highest BCUT2D eigenvalue weighted by Crippen LogP contribution is 2.12. The Kier molecular flexibility index (Phi) is 8.20. The van der Waals surface area contributed by atoms with Gasteiger partial charge in [-0.1, -0.05) is 19.4 Å². The van der Waals surface area contributed by atoms with Crippen LogP contribution in [0, 0.1) is 0 Å². The van der Waals surface area contributed by atoms with E-state index in [0.717, 1.165) is 12.8 Å². The van der Waals surface area contributed by atoms with Gasteiger partial charge in [0.2, 0.25) is 5.91 Å². The minimum absolute atomic E-state index is 0.0252. The van der Waals surface area contributed by atoms with Gasteiger partial charge in [0.1, 0.15) is 5.75 Å². The van der Waals surface area contributed by atoms with Gasteiger partial charge in [0.25, 0.3) is 5.91 Å². The maximum Gasteiger partial charge on any atom is 0.335 e. The van der Waals surface area contributed by atoms with Gasteiger partial charge in [-0.15, -0.1) is 0 Å². The number of aromatic carboxylic acids is 1. The van der Waals surface area contributed by atoms with Gasteiger partial charge in [-0.05, 0) is 24.6 Å². The predicted octanol–water partition coefficient (Wildman–Crippen LogP) is 1.19. The summed E-state index contributed by atoms with van der Waals surface area (Å²) in [6.45, 7) is 2.48. The number of benzene rings is 1.